The lowest BCUT2D eigenvalue weighted by atomic mass is 9.67. The quantitative estimate of drug-likeness (QED) is 0.761. The van der Waals surface area contributed by atoms with Gasteiger partial charge in [0.1, 0.15) is 12.4 Å². The van der Waals surface area contributed by atoms with Crippen molar-refractivity contribution in [1.82, 2.24) is 4.98 Å². The van der Waals surface area contributed by atoms with Gasteiger partial charge in [0.15, 0.2) is 5.13 Å². The van der Waals surface area contributed by atoms with Gasteiger partial charge in [-0.25, -0.2) is 4.98 Å². The van der Waals surface area contributed by atoms with Gasteiger partial charge in [0, 0.05) is 22.9 Å². The highest BCUT2D eigenvalue weighted by Gasteiger charge is 2.41. The Morgan fingerprint density at radius 2 is 1.93 bits per heavy atom. The van der Waals surface area contributed by atoms with Crippen molar-refractivity contribution in [2.75, 3.05) is 5.32 Å². The van der Waals surface area contributed by atoms with Gasteiger partial charge in [-0.1, -0.05) is 24.1 Å². The maximum absolute atomic E-state index is 12.5. The Morgan fingerprint density at radius 1 is 1.22 bits per heavy atom. The lowest BCUT2D eigenvalue weighted by molar-refractivity contribution is -0.154. The Kier molecular flexibility index (Phi) is 5.25. The summed E-state index contributed by atoms with van der Waals surface area (Å²) in [6.07, 6.45) is 4.29. The number of nitrogens with zero attached hydrogens (tertiary/aromatic N) is 1. The van der Waals surface area contributed by atoms with E-state index in [-0.39, 0.29) is 30.3 Å². The second-order valence-electron chi connectivity index (χ2n) is 7.64. The SMILES string of the molecule is Cc1ccc(Nc2nc(COC(=O)C3C[C@@H]4CCC[C@@H](C3)C4=O)cs2)cc1. The molecule has 0 unspecified atom stereocenters. The van der Waals surface area contributed by atoms with Crippen LogP contribution in [0.4, 0.5) is 10.8 Å². The monoisotopic (exact) mass is 384 g/mol. The molecule has 5 nitrogen and oxygen atoms in total. The molecule has 1 aromatic heterocycles. The number of hydrogen-bond acceptors (Lipinski definition) is 6. The summed E-state index contributed by atoms with van der Waals surface area (Å²) in [4.78, 5) is 29.1. The van der Waals surface area contributed by atoms with Crippen molar-refractivity contribution >= 4 is 33.9 Å². The minimum Gasteiger partial charge on any atom is -0.459 e. The highest BCUT2D eigenvalue weighted by atomic mass is 32.1. The predicted molar refractivity (Wildman–Crippen MR) is 105 cm³/mol. The Bertz CT molecular complexity index is 814. The number of carbonyl (C=O) groups excluding carboxylic acids is 2. The third-order valence-electron chi connectivity index (χ3n) is 5.60. The highest BCUT2D eigenvalue weighted by molar-refractivity contribution is 7.13. The highest BCUT2D eigenvalue weighted by Crippen LogP contribution is 2.40. The molecule has 4 rings (SSSR count). The van der Waals surface area contributed by atoms with E-state index in [0.717, 1.165) is 35.8 Å². The summed E-state index contributed by atoms with van der Waals surface area (Å²) in [6.45, 7) is 2.24. The number of aromatic nitrogens is 1. The molecule has 0 radical (unpaired) electrons. The molecule has 2 saturated carbocycles. The number of carbonyl (C=O) groups is 2. The molecular formula is C21H24N2O3S. The molecule has 0 aliphatic heterocycles. The minimum atomic E-state index is -0.180. The van der Waals surface area contributed by atoms with Crippen LogP contribution in [0.15, 0.2) is 29.6 Å². The molecule has 0 spiro atoms. The number of fused-ring (bicyclic) bond motifs is 2. The Morgan fingerprint density at radius 3 is 2.63 bits per heavy atom. The zero-order valence-corrected chi connectivity index (χ0v) is 16.3. The molecule has 2 aliphatic rings. The van der Waals surface area contributed by atoms with E-state index in [2.05, 4.69) is 17.2 Å². The molecule has 1 N–H and O–H groups in total. The average molecular weight is 385 g/mol. The van der Waals surface area contributed by atoms with Gasteiger partial charge in [-0.05, 0) is 44.7 Å². The summed E-state index contributed by atoms with van der Waals surface area (Å²) in [5.41, 5.74) is 2.94. The summed E-state index contributed by atoms with van der Waals surface area (Å²) in [5.74, 6) is 0.193. The first-order valence-corrected chi connectivity index (χ1v) is 10.4. The minimum absolute atomic E-state index is 0.0691. The average Bonchev–Trinajstić information content (AvgIpc) is 3.09. The zero-order chi connectivity index (χ0) is 18.8. The summed E-state index contributed by atoms with van der Waals surface area (Å²) < 4.78 is 5.51. The lowest BCUT2D eigenvalue weighted by Gasteiger charge is -2.36. The molecule has 1 heterocycles. The number of ketones is 1. The fourth-order valence-electron chi connectivity index (χ4n) is 4.13. The molecule has 2 aliphatic carbocycles. The number of thiazole rings is 1. The van der Waals surface area contributed by atoms with E-state index in [4.69, 9.17) is 4.74 Å². The fourth-order valence-corrected chi connectivity index (χ4v) is 4.84. The van der Waals surface area contributed by atoms with Crippen molar-refractivity contribution in [3.63, 3.8) is 0 Å². The third-order valence-corrected chi connectivity index (χ3v) is 6.40. The topological polar surface area (TPSA) is 68.3 Å². The van der Waals surface area contributed by atoms with Gasteiger partial charge >= 0.3 is 5.97 Å². The normalized spacial score (nSPS) is 24.5. The number of benzene rings is 1. The predicted octanol–water partition coefficient (Wildman–Crippen LogP) is 4.63. The summed E-state index contributed by atoms with van der Waals surface area (Å²) in [7, 11) is 0. The molecule has 2 bridgehead atoms. The second kappa shape index (κ2) is 7.80. The summed E-state index contributed by atoms with van der Waals surface area (Å²) >= 11 is 1.49. The first-order chi connectivity index (χ1) is 13.1. The first kappa shape index (κ1) is 18.2. The second-order valence-corrected chi connectivity index (χ2v) is 8.50. The van der Waals surface area contributed by atoms with Crippen LogP contribution in [-0.2, 0) is 20.9 Å². The van der Waals surface area contributed by atoms with Crippen molar-refractivity contribution in [3.8, 4) is 0 Å². The number of Topliss-reactive ketones (excluding diaryl/α,β-unsaturated/α-hetero) is 1. The number of aryl methyl sites for hydroxylation is 1. The van der Waals surface area contributed by atoms with E-state index < -0.39 is 0 Å². The van der Waals surface area contributed by atoms with Crippen LogP contribution in [0, 0.1) is 24.7 Å². The fraction of sp³-hybridized carbons (Fsp3) is 0.476. The van der Waals surface area contributed by atoms with Gasteiger partial charge in [0.25, 0.3) is 0 Å². The van der Waals surface area contributed by atoms with Crippen LogP contribution in [0.3, 0.4) is 0 Å². The zero-order valence-electron chi connectivity index (χ0n) is 15.4. The Hall–Kier alpha value is -2.21. The van der Waals surface area contributed by atoms with Gasteiger partial charge in [0.05, 0.1) is 11.6 Å². The lowest BCUT2D eigenvalue weighted by Crippen LogP contribution is -2.39. The number of rotatable bonds is 5. The van der Waals surface area contributed by atoms with Crippen LogP contribution >= 0.6 is 11.3 Å². The molecule has 27 heavy (non-hydrogen) atoms. The molecule has 142 valence electrons. The van der Waals surface area contributed by atoms with Gasteiger partial charge in [-0.3, -0.25) is 9.59 Å². The number of anilines is 2. The van der Waals surface area contributed by atoms with Crippen molar-refractivity contribution in [1.29, 1.82) is 0 Å². The number of nitrogens with one attached hydrogen (secondary N) is 1. The van der Waals surface area contributed by atoms with Crippen LogP contribution in [0.1, 0.15) is 43.4 Å². The van der Waals surface area contributed by atoms with Crippen molar-refractivity contribution in [2.24, 2.45) is 17.8 Å². The molecule has 1 aromatic carbocycles. The maximum Gasteiger partial charge on any atom is 0.309 e. The molecular weight excluding hydrogens is 360 g/mol. The van der Waals surface area contributed by atoms with Crippen LogP contribution in [-0.4, -0.2) is 16.7 Å². The van der Waals surface area contributed by atoms with E-state index >= 15 is 0 Å². The van der Waals surface area contributed by atoms with Gasteiger partial charge in [-0.15, -0.1) is 11.3 Å². The van der Waals surface area contributed by atoms with E-state index in [1.165, 1.54) is 16.9 Å². The number of esters is 1. The molecule has 2 fully saturated rings. The standard InChI is InChI=1S/C21H24N2O3S/c1-13-5-7-17(8-6-13)22-21-23-18(12-27-21)11-26-20(25)16-9-14-3-2-4-15(10-16)19(14)24/h5-8,12,14-16H,2-4,9-11H2,1H3,(H,22,23)/t14-,15-/m0/s1. The number of hydrogen-bond donors (Lipinski definition) is 1. The van der Waals surface area contributed by atoms with Crippen LogP contribution < -0.4 is 5.32 Å². The van der Waals surface area contributed by atoms with Gasteiger partial charge < -0.3 is 10.1 Å². The Balaban J connectivity index is 1.30. The van der Waals surface area contributed by atoms with E-state index in [9.17, 15) is 9.59 Å². The van der Waals surface area contributed by atoms with E-state index in [1.807, 2.05) is 29.6 Å². The van der Waals surface area contributed by atoms with E-state index in [0.29, 0.717) is 18.6 Å². The largest absolute Gasteiger partial charge is 0.459 e. The molecule has 6 heteroatoms. The maximum atomic E-state index is 12.5. The molecule has 0 saturated heterocycles. The van der Waals surface area contributed by atoms with Crippen molar-refractivity contribution in [3.05, 3.63) is 40.9 Å². The number of ether oxygens (including phenoxy) is 1. The van der Waals surface area contributed by atoms with Crippen LogP contribution in [0.5, 0.6) is 0 Å². The molecule has 0 amide bonds. The smallest absolute Gasteiger partial charge is 0.309 e. The Labute approximate surface area is 163 Å². The third kappa shape index (κ3) is 4.21. The summed E-state index contributed by atoms with van der Waals surface area (Å²) in [6, 6.07) is 8.11. The summed E-state index contributed by atoms with van der Waals surface area (Å²) in [5, 5.41) is 5.95. The van der Waals surface area contributed by atoms with Gasteiger partial charge in [0.2, 0.25) is 0 Å². The first-order valence-electron chi connectivity index (χ1n) is 9.57. The van der Waals surface area contributed by atoms with E-state index in [1.54, 1.807) is 0 Å². The molecule has 2 aromatic rings. The van der Waals surface area contributed by atoms with Crippen LogP contribution in [0.25, 0.3) is 0 Å². The van der Waals surface area contributed by atoms with Crippen LogP contribution in [0.2, 0.25) is 0 Å². The van der Waals surface area contributed by atoms with Crippen molar-refractivity contribution < 1.29 is 14.3 Å². The van der Waals surface area contributed by atoms with Gasteiger partial charge in [-0.2, -0.15) is 0 Å². The molecule has 2 atom stereocenters. The van der Waals surface area contributed by atoms with Crippen molar-refractivity contribution in [2.45, 2.75) is 45.6 Å².